The van der Waals surface area contributed by atoms with E-state index in [-0.39, 0.29) is 5.56 Å². The van der Waals surface area contributed by atoms with E-state index in [1.165, 1.54) is 6.07 Å². The van der Waals surface area contributed by atoms with Gasteiger partial charge in [0.15, 0.2) is 5.43 Å². The molecule has 1 aromatic carbocycles. The fourth-order valence-corrected chi connectivity index (χ4v) is 2.56. The first-order chi connectivity index (χ1) is 10.5. The van der Waals surface area contributed by atoms with E-state index < -0.39 is 11.4 Å². The monoisotopic (exact) mass is 301 g/mol. The first kappa shape index (κ1) is 15.8. The third-order valence-electron chi connectivity index (χ3n) is 3.68. The number of aromatic carboxylic acids is 1. The van der Waals surface area contributed by atoms with Crippen molar-refractivity contribution in [1.82, 2.24) is 4.57 Å². The summed E-state index contributed by atoms with van der Waals surface area (Å²) in [6.07, 6.45) is 0.481. The van der Waals surface area contributed by atoms with Crippen LogP contribution in [0, 0.1) is 6.92 Å². The number of methoxy groups -OCH3 is 1. The molecule has 0 spiro atoms. The molecule has 0 aliphatic heterocycles. The fraction of sp³-hybridized carbons (Fsp3) is 0.294. The maximum Gasteiger partial charge on any atom is 0.341 e. The van der Waals surface area contributed by atoms with Crippen LogP contribution in [-0.4, -0.2) is 22.8 Å². The lowest BCUT2D eigenvalue weighted by Crippen LogP contribution is -2.24. The minimum atomic E-state index is -1.18. The summed E-state index contributed by atoms with van der Waals surface area (Å²) < 4.78 is 7.01. The van der Waals surface area contributed by atoms with Crippen LogP contribution in [0.4, 0.5) is 0 Å². The maximum absolute atomic E-state index is 11.9. The van der Waals surface area contributed by atoms with Gasteiger partial charge in [0, 0.05) is 24.0 Å². The molecule has 5 heteroatoms. The molecule has 0 bridgehead atoms. The summed E-state index contributed by atoms with van der Waals surface area (Å²) in [5.41, 5.74) is 1.74. The third kappa shape index (κ3) is 3.03. The average Bonchev–Trinajstić information content (AvgIpc) is 2.49. The highest BCUT2D eigenvalue weighted by Gasteiger charge is 2.18. The van der Waals surface area contributed by atoms with Crippen LogP contribution in [0.25, 0.3) is 0 Å². The number of pyridine rings is 1. The largest absolute Gasteiger partial charge is 0.497 e. The Morgan fingerprint density at radius 1 is 1.27 bits per heavy atom. The lowest BCUT2D eigenvalue weighted by atomic mass is 10.1. The smallest absolute Gasteiger partial charge is 0.341 e. The lowest BCUT2D eigenvalue weighted by molar-refractivity contribution is 0.0693. The highest BCUT2D eigenvalue weighted by atomic mass is 16.5. The van der Waals surface area contributed by atoms with Crippen molar-refractivity contribution in [2.75, 3.05) is 7.11 Å². The van der Waals surface area contributed by atoms with E-state index in [1.54, 1.807) is 7.11 Å². The number of carboxylic acids is 1. The van der Waals surface area contributed by atoms with Crippen LogP contribution >= 0.6 is 0 Å². The van der Waals surface area contributed by atoms with Gasteiger partial charge in [-0.25, -0.2) is 4.79 Å². The summed E-state index contributed by atoms with van der Waals surface area (Å²) in [6.45, 7) is 4.18. The van der Waals surface area contributed by atoms with E-state index in [0.717, 1.165) is 17.0 Å². The first-order valence-corrected chi connectivity index (χ1v) is 7.07. The minimum absolute atomic E-state index is 0.137. The molecule has 0 atom stereocenters. The molecule has 0 aliphatic carbocycles. The molecule has 1 heterocycles. The molecule has 0 aliphatic rings. The van der Waals surface area contributed by atoms with Crippen LogP contribution in [0.2, 0.25) is 0 Å². The highest BCUT2D eigenvalue weighted by Crippen LogP contribution is 2.16. The highest BCUT2D eigenvalue weighted by molar-refractivity contribution is 5.88. The van der Waals surface area contributed by atoms with Gasteiger partial charge in [-0.15, -0.1) is 0 Å². The predicted octanol–water partition coefficient (Wildman–Crippen LogP) is 2.47. The summed E-state index contributed by atoms with van der Waals surface area (Å²) in [6, 6.07) is 8.95. The van der Waals surface area contributed by atoms with Gasteiger partial charge in [-0.1, -0.05) is 19.1 Å². The Morgan fingerprint density at radius 2 is 1.91 bits per heavy atom. The zero-order valence-electron chi connectivity index (χ0n) is 12.9. The Bertz CT molecular complexity index is 744. The lowest BCUT2D eigenvalue weighted by Gasteiger charge is -2.18. The van der Waals surface area contributed by atoms with Gasteiger partial charge in [-0.3, -0.25) is 4.79 Å². The fourth-order valence-electron chi connectivity index (χ4n) is 2.56. The number of nitrogens with zero attached hydrogens (tertiary/aromatic N) is 1. The molecule has 0 saturated carbocycles. The Kier molecular flexibility index (Phi) is 4.65. The molecule has 2 aromatic rings. The summed E-state index contributed by atoms with van der Waals surface area (Å²) in [5.74, 6) is -0.410. The quantitative estimate of drug-likeness (QED) is 0.921. The molecule has 2 rings (SSSR count). The second kappa shape index (κ2) is 6.47. The van der Waals surface area contributed by atoms with Crippen molar-refractivity contribution in [3.05, 3.63) is 63.1 Å². The number of hydrogen-bond acceptors (Lipinski definition) is 3. The number of ether oxygens (including phenoxy) is 1. The summed E-state index contributed by atoms with van der Waals surface area (Å²) in [7, 11) is 1.61. The van der Waals surface area contributed by atoms with Crippen molar-refractivity contribution in [1.29, 1.82) is 0 Å². The van der Waals surface area contributed by atoms with Crippen molar-refractivity contribution >= 4 is 5.97 Å². The Morgan fingerprint density at radius 3 is 2.41 bits per heavy atom. The van der Waals surface area contributed by atoms with Crippen LogP contribution in [0.15, 0.2) is 35.1 Å². The summed E-state index contributed by atoms with van der Waals surface area (Å²) in [4.78, 5) is 23.3. The first-order valence-electron chi connectivity index (χ1n) is 7.07. The standard InChI is InChI=1S/C17H19NO4/c1-4-14-16(17(20)21)15(19)9-11(2)18(14)10-12-5-7-13(22-3)8-6-12/h5-9H,4,10H2,1-3H3,(H,20,21). The molecule has 0 unspecified atom stereocenters. The number of aryl methyl sites for hydroxylation is 1. The Hall–Kier alpha value is -2.56. The van der Waals surface area contributed by atoms with E-state index in [9.17, 15) is 14.7 Å². The number of aromatic nitrogens is 1. The normalized spacial score (nSPS) is 10.5. The molecule has 0 fully saturated rings. The molecule has 0 amide bonds. The van der Waals surface area contributed by atoms with Crippen molar-refractivity contribution < 1.29 is 14.6 Å². The summed E-state index contributed by atoms with van der Waals surface area (Å²) >= 11 is 0. The van der Waals surface area contributed by atoms with Crippen molar-refractivity contribution in [3.8, 4) is 5.75 Å². The zero-order valence-corrected chi connectivity index (χ0v) is 12.9. The average molecular weight is 301 g/mol. The number of hydrogen-bond donors (Lipinski definition) is 1. The zero-order chi connectivity index (χ0) is 16.3. The molecular formula is C17H19NO4. The SMILES string of the molecule is CCc1c(C(=O)O)c(=O)cc(C)n1Cc1ccc(OC)cc1. The van der Waals surface area contributed by atoms with E-state index in [2.05, 4.69) is 0 Å². The van der Waals surface area contributed by atoms with Crippen molar-refractivity contribution in [2.45, 2.75) is 26.8 Å². The molecule has 1 aromatic heterocycles. The predicted molar refractivity (Wildman–Crippen MR) is 83.9 cm³/mol. The van der Waals surface area contributed by atoms with Gasteiger partial charge in [-0.2, -0.15) is 0 Å². The van der Waals surface area contributed by atoms with Crippen LogP contribution < -0.4 is 10.2 Å². The van der Waals surface area contributed by atoms with Crippen molar-refractivity contribution in [3.63, 3.8) is 0 Å². The second-order valence-corrected chi connectivity index (χ2v) is 5.06. The Labute approximate surface area is 128 Å². The molecule has 1 N–H and O–H groups in total. The van der Waals surface area contributed by atoms with Gasteiger partial charge in [0.2, 0.25) is 0 Å². The molecule has 22 heavy (non-hydrogen) atoms. The molecule has 0 radical (unpaired) electrons. The molecule has 5 nitrogen and oxygen atoms in total. The number of carbonyl (C=O) groups is 1. The summed E-state index contributed by atoms with van der Waals surface area (Å²) in [5, 5.41) is 9.30. The van der Waals surface area contributed by atoms with Gasteiger partial charge >= 0.3 is 5.97 Å². The molecule has 0 saturated heterocycles. The molecule has 116 valence electrons. The van der Waals surface area contributed by atoms with Crippen molar-refractivity contribution in [2.24, 2.45) is 0 Å². The number of rotatable bonds is 5. The number of benzene rings is 1. The van der Waals surface area contributed by atoms with Crippen LogP contribution in [-0.2, 0) is 13.0 Å². The van der Waals surface area contributed by atoms with Gasteiger partial charge in [0.1, 0.15) is 11.3 Å². The van der Waals surface area contributed by atoms with Gasteiger partial charge in [0.05, 0.1) is 7.11 Å². The van der Waals surface area contributed by atoms with Gasteiger partial charge in [0.25, 0.3) is 0 Å². The van der Waals surface area contributed by atoms with E-state index >= 15 is 0 Å². The molecular weight excluding hydrogens is 282 g/mol. The van der Waals surface area contributed by atoms with E-state index in [0.29, 0.717) is 18.7 Å². The topological polar surface area (TPSA) is 68.5 Å². The minimum Gasteiger partial charge on any atom is -0.497 e. The number of carboxylic acid groups (broad SMARTS) is 1. The second-order valence-electron chi connectivity index (χ2n) is 5.06. The Balaban J connectivity index is 2.51. The van der Waals surface area contributed by atoms with Crippen LogP contribution in [0.3, 0.4) is 0 Å². The van der Waals surface area contributed by atoms with Crippen LogP contribution in [0.5, 0.6) is 5.75 Å². The van der Waals surface area contributed by atoms with E-state index in [4.69, 9.17) is 4.74 Å². The third-order valence-corrected chi connectivity index (χ3v) is 3.68. The maximum atomic E-state index is 11.9. The van der Waals surface area contributed by atoms with E-state index in [1.807, 2.05) is 42.7 Å². The van der Waals surface area contributed by atoms with Gasteiger partial charge in [-0.05, 0) is 31.0 Å². The van der Waals surface area contributed by atoms with Crippen LogP contribution in [0.1, 0.15) is 34.2 Å². The van der Waals surface area contributed by atoms with Gasteiger partial charge < -0.3 is 14.4 Å².